The smallest absolute Gasteiger partial charge is 0.270 e. The Hall–Kier alpha value is -3.14. The summed E-state index contributed by atoms with van der Waals surface area (Å²) in [6.07, 6.45) is 2.51. The largest absolute Gasteiger partial charge is 0.379 e. The Bertz CT molecular complexity index is 1180. The minimum Gasteiger partial charge on any atom is -0.379 e. The first-order chi connectivity index (χ1) is 16.1. The number of nitriles is 1. The lowest BCUT2D eigenvalue weighted by atomic mass is 9.97. The first kappa shape index (κ1) is 23.0. The summed E-state index contributed by atoms with van der Waals surface area (Å²) in [7, 11) is 1.88. The van der Waals surface area contributed by atoms with Gasteiger partial charge in [0, 0.05) is 44.4 Å². The lowest BCUT2D eigenvalue weighted by molar-refractivity contribution is 0.0354. The first-order valence-electron chi connectivity index (χ1n) is 11.8. The highest BCUT2D eigenvalue weighted by molar-refractivity contribution is 5.70. The molecule has 6 nitrogen and oxygen atoms in total. The molecule has 1 aliphatic rings. The quantitative estimate of drug-likeness (QED) is 0.533. The Labute approximate surface area is 195 Å². The van der Waals surface area contributed by atoms with Crippen LogP contribution in [-0.2, 0) is 31.2 Å². The average molecular weight is 445 g/mol. The van der Waals surface area contributed by atoms with Gasteiger partial charge in [-0.3, -0.25) is 19.1 Å². The molecule has 0 spiro atoms. The Balaban J connectivity index is 1.57. The number of hydrogen-bond donors (Lipinski definition) is 0. The Morgan fingerprint density at radius 3 is 2.45 bits per heavy atom. The van der Waals surface area contributed by atoms with Crippen LogP contribution in [0.2, 0.25) is 0 Å². The SMILES string of the molecule is CCCc1c(Cc2ccc(-c3ccccc3C#N)cc2)c(=O)n(C)n1CCN1CCOCC1. The summed E-state index contributed by atoms with van der Waals surface area (Å²) in [6.45, 7) is 7.37. The van der Waals surface area contributed by atoms with Gasteiger partial charge in [0.05, 0.1) is 31.4 Å². The maximum Gasteiger partial charge on any atom is 0.270 e. The van der Waals surface area contributed by atoms with E-state index in [1.807, 2.05) is 43.4 Å². The zero-order chi connectivity index (χ0) is 23.2. The van der Waals surface area contributed by atoms with Gasteiger partial charge in [0.1, 0.15) is 0 Å². The summed E-state index contributed by atoms with van der Waals surface area (Å²) in [4.78, 5) is 15.6. The molecule has 0 amide bonds. The van der Waals surface area contributed by atoms with Gasteiger partial charge in [-0.15, -0.1) is 0 Å². The second kappa shape index (κ2) is 10.7. The van der Waals surface area contributed by atoms with Crippen molar-refractivity contribution in [2.75, 3.05) is 32.8 Å². The molecule has 2 aromatic carbocycles. The van der Waals surface area contributed by atoms with E-state index in [2.05, 4.69) is 34.7 Å². The molecule has 3 aromatic rings. The highest BCUT2D eigenvalue weighted by Gasteiger charge is 2.19. The molecule has 6 heteroatoms. The van der Waals surface area contributed by atoms with Crippen molar-refractivity contribution < 1.29 is 4.74 Å². The molecule has 1 aliphatic heterocycles. The molecule has 1 aromatic heterocycles. The second-order valence-corrected chi connectivity index (χ2v) is 8.61. The van der Waals surface area contributed by atoms with E-state index in [-0.39, 0.29) is 5.56 Å². The van der Waals surface area contributed by atoms with E-state index in [0.717, 1.165) is 80.2 Å². The van der Waals surface area contributed by atoms with Gasteiger partial charge >= 0.3 is 0 Å². The van der Waals surface area contributed by atoms with Gasteiger partial charge in [0.15, 0.2) is 0 Å². The Morgan fingerprint density at radius 2 is 1.76 bits per heavy atom. The fourth-order valence-corrected chi connectivity index (χ4v) is 4.64. The maximum absolute atomic E-state index is 13.2. The van der Waals surface area contributed by atoms with Crippen LogP contribution < -0.4 is 5.56 Å². The number of rotatable bonds is 8. The first-order valence-corrected chi connectivity index (χ1v) is 11.8. The molecule has 0 radical (unpaired) electrons. The van der Waals surface area contributed by atoms with E-state index in [1.54, 1.807) is 4.68 Å². The lowest BCUT2D eigenvalue weighted by Crippen LogP contribution is -2.39. The Kier molecular flexibility index (Phi) is 7.43. The molecule has 2 heterocycles. The average Bonchev–Trinajstić information content (AvgIpc) is 3.08. The van der Waals surface area contributed by atoms with Crippen molar-refractivity contribution >= 4 is 0 Å². The van der Waals surface area contributed by atoms with Crippen molar-refractivity contribution in [3.63, 3.8) is 0 Å². The van der Waals surface area contributed by atoms with E-state index in [0.29, 0.717) is 12.0 Å². The summed E-state index contributed by atoms with van der Waals surface area (Å²) in [6, 6.07) is 18.1. The van der Waals surface area contributed by atoms with Crippen LogP contribution in [0.4, 0.5) is 0 Å². The fourth-order valence-electron chi connectivity index (χ4n) is 4.64. The zero-order valence-corrected chi connectivity index (χ0v) is 19.6. The summed E-state index contributed by atoms with van der Waals surface area (Å²) in [5, 5.41) is 9.40. The molecule has 172 valence electrons. The predicted octanol–water partition coefficient (Wildman–Crippen LogP) is 3.60. The van der Waals surface area contributed by atoms with Gasteiger partial charge < -0.3 is 4.74 Å². The monoisotopic (exact) mass is 444 g/mol. The number of nitrogens with zero attached hydrogens (tertiary/aromatic N) is 4. The van der Waals surface area contributed by atoms with Crippen LogP contribution in [0.25, 0.3) is 11.1 Å². The Morgan fingerprint density at radius 1 is 1.03 bits per heavy atom. The molecule has 4 rings (SSSR count). The van der Waals surface area contributed by atoms with Crippen LogP contribution in [0.3, 0.4) is 0 Å². The van der Waals surface area contributed by atoms with Crippen molar-refractivity contribution in [2.24, 2.45) is 7.05 Å². The third-order valence-electron chi connectivity index (χ3n) is 6.49. The highest BCUT2D eigenvalue weighted by atomic mass is 16.5. The van der Waals surface area contributed by atoms with Crippen molar-refractivity contribution in [3.8, 4) is 17.2 Å². The van der Waals surface area contributed by atoms with E-state index in [1.165, 1.54) is 0 Å². The van der Waals surface area contributed by atoms with Crippen molar-refractivity contribution in [1.82, 2.24) is 14.3 Å². The number of benzene rings is 2. The molecule has 0 atom stereocenters. The summed E-state index contributed by atoms with van der Waals surface area (Å²) >= 11 is 0. The third-order valence-corrected chi connectivity index (χ3v) is 6.49. The predicted molar refractivity (Wildman–Crippen MR) is 130 cm³/mol. The number of ether oxygens (including phenoxy) is 1. The molecule has 0 saturated carbocycles. The van der Waals surface area contributed by atoms with Crippen molar-refractivity contribution in [2.45, 2.75) is 32.7 Å². The standard InChI is InChI=1S/C27H32N4O2/c1-3-6-26-25(27(32)29(2)31(26)14-13-30-15-17-33-18-16-30)19-21-9-11-22(12-10-21)24-8-5-4-7-23(24)20-28/h4-5,7-12H,3,6,13-19H2,1-2H3. The van der Waals surface area contributed by atoms with E-state index in [9.17, 15) is 10.1 Å². The highest BCUT2D eigenvalue weighted by Crippen LogP contribution is 2.24. The molecule has 1 fully saturated rings. The van der Waals surface area contributed by atoms with Crippen LogP contribution in [0.1, 0.15) is 35.7 Å². The number of hydrogen-bond acceptors (Lipinski definition) is 4. The summed E-state index contributed by atoms with van der Waals surface area (Å²) in [5.41, 5.74) is 5.86. The van der Waals surface area contributed by atoms with E-state index in [4.69, 9.17) is 4.74 Å². The normalized spacial score (nSPS) is 14.3. The van der Waals surface area contributed by atoms with Gasteiger partial charge in [-0.05, 0) is 29.2 Å². The van der Waals surface area contributed by atoms with Gasteiger partial charge in [-0.25, -0.2) is 0 Å². The second-order valence-electron chi connectivity index (χ2n) is 8.61. The summed E-state index contributed by atoms with van der Waals surface area (Å²) in [5.74, 6) is 0. The fraction of sp³-hybridized carbons (Fsp3) is 0.407. The van der Waals surface area contributed by atoms with Crippen LogP contribution in [0.5, 0.6) is 0 Å². The van der Waals surface area contributed by atoms with Crippen LogP contribution in [0.15, 0.2) is 53.3 Å². The molecule has 0 bridgehead atoms. The molecule has 0 unspecified atom stereocenters. The molecule has 33 heavy (non-hydrogen) atoms. The van der Waals surface area contributed by atoms with Crippen LogP contribution in [-0.4, -0.2) is 47.1 Å². The molecule has 1 saturated heterocycles. The lowest BCUT2D eigenvalue weighted by Gasteiger charge is -2.27. The van der Waals surface area contributed by atoms with Crippen LogP contribution >= 0.6 is 0 Å². The molecule has 0 aliphatic carbocycles. The number of aromatic nitrogens is 2. The van der Waals surface area contributed by atoms with Crippen molar-refractivity contribution in [1.29, 1.82) is 5.26 Å². The molecule has 0 N–H and O–H groups in total. The van der Waals surface area contributed by atoms with Crippen LogP contribution in [0, 0.1) is 11.3 Å². The molecular formula is C27H32N4O2. The minimum atomic E-state index is 0.0966. The van der Waals surface area contributed by atoms with Gasteiger partial charge in [0.2, 0.25) is 0 Å². The topological polar surface area (TPSA) is 63.2 Å². The van der Waals surface area contributed by atoms with E-state index < -0.39 is 0 Å². The van der Waals surface area contributed by atoms with Gasteiger partial charge in [0.25, 0.3) is 5.56 Å². The maximum atomic E-state index is 13.2. The zero-order valence-electron chi connectivity index (χ0n) is 19.6. The van der Waals surface area contributed by atoms with E-state index >= 15 is 0 Å². The van der Waals surface area contributed by atoms with Crippen molar-refractivity contribution in [3.05, 3.63) is 81.3 Å². The van der Waals surface area contributed by atoms with Gasteiger partial charge in [-0.2, -0.15) is 5.26 Å². The van der Waals surface area contributed by atoms with Gasteiger partial charge in [-0.1, -0.05) is 55.8 Å². The summed E-state index contributed by atoms with van der Waals surface area (Å²) < 4.78 is 9.42. The number of morpholine rings is 1. The molecular weight excluding hydrogens is 412 g/mol. The minimum absolute atomic E-state index is 0.0966. The third kappa shape index (κ3) is 5.11.